The van der Waals surface area contributed by atoms with Crippen LogP contribution in [0.1, 0.15) is 13.8 Å². The van der Waals surface area contributed by atoms with E-state index in [0.29, 0.717) is 0 Å². The molecule has 1 rings (SSSR count). The van der Waals surface area contributed by atoms with Gasteiger partial charge in [-0.2, -0.15) is 0 Å². The molecule has 1 aromatic rings. The third kappa shape index (κ3) is 6.61. The summed E-state index contributed by atoms with van der Waals surface area (Å²) in [5, 5.41) is 8.87. The predicted octanol–water partition coefficient (Wildman–Crippen LogP) is 3.20. The zero-order valence-electron chi connectivity index (χ0n) is 7.96. The first-order valence-corrected chi connectivity index (χ1v) is 5.02. The summed E-state index contributed by atoms with van der Waals surface area (Å²) in [6.07, 6.45) is 0. The number of aromatic hydroxyl groups is 1. The highest BCUT2D eigenvalue weighted by molar-refractivity contribution is 9.10. The van der Waals surface area contributed by atoms with E-state index in [2.05, 4.69) is 15.9 Å². The van der Waals surface area contributed by atoms with Crippen molar-refractivity contribution in [1.82, 2.24) is 0 Å². The second-order valence-electron chi connectivity index (χ2n) is 2.23. The van der Waals surface area contributed by atoms with E-state index in [4.69, 9.17) is 9.84 Å². The van der Waals surface area contributed by atoms with Crippen molar-refractivity contribution in [2.45, 2.75) is 13.8 Å². The lowest BCUT2D eigenvalue weighted by Crippen LogP contribution is -1.84. The van der Waals surface area contributed by atoms with Gasteiger partial charge in [-0.3, -0.25) is 0 Å². The van der Waals surface area contributed by atoms with Crippen molar-refractivity contribution in [3.63, 3.8) is 0 Å². The molecule has 74 valence electrons. The Kier molecular flexibility index (Phi) is 7.74. The van der Waals surface area contributed by atoms with Gasteiger partial charge in [0.25, 0.3) is 0 Å². The lowest BCUT2D eigenvalue weighted by atomic mass is 10.3. The Morgan fingerprint density at radius 2 is 1.77 bits per heavy atom. The minimum absolute atomic E-state index is 0.285. The number of phenolic OH excluding ortho intramolecular Hbond substituents is 1. The molecule has 0 aliphatic rings. The van der Waals surface area contributed by atoms with Crippen LogP contribution >= 0.6 is 15.9 Å². The van der Waals surface area contributed by atoms with Crippen LogP contribution in [0, 0.1) is 0 Å². The number of rotatable bonds is 2. The van der Waals surface area contributed by atoms with Crippen LogP contribution in [0.3, 0.4) is 0 Å². The standard InChI is InChI=1S/C6H5BrO.C4H10O/c7-5-3-1-2-4-6(5)8;1-3-5-4-2/h1-4,8H;3-4H2,1-2H3. The molecule has 1 aromatic carbocycles. The van der Waals surface area contributed by atoms with Gasteiger partial charge in [-0.1, -0.05) is 12.1 Å². The second kappa shape index (κ2) is 8.08. The molecule has 0 aliphatic carbocycles. The molecule has 0 saturated carbocycles. The molecule has 0 radical (unpaired) electrons. The Morgan fingerprint density at radius 3 is 2.00 bits per heavy atom. The van der Waals surface area contributed by atoms with Crippen LogP contribution in [0.2, 0.25) is 0 Å². The summed E-state index contributed by atoms with van der Waals surface area (Å²) in [6, 6.07) is 7.04. The molecule has 0 atom stereocenters. The molecule has 0 aromatic heterocycles. The number of para-hydroxylation sites is 1. The van der Waals surface area contributed by atoms with Crippen LogP contribution in [0.15, 0.2) is 28.7 Å². The van der Waals surface area contributed by atoms with Crippen LogP contribution in [-0.4, -0.2) is 18.3 Å². The van der Waals surface area contributed by atoms with Crippen LogP contribution in [0.4, 0.5) is 0 Å². The summed E-state index contributed by atoms with van der Waals surface area (Å²) < 4.78 is 5.57. The first kappa shape index (κ1) is 12.5. The van der Waals surface area contributed by atoms with Crippen LogP contribution < -0.4 is 0 Å². The monoisotopic (exact) mass is 246 g/mol. The Hall–Kier alpha value is -0.540. The summed E-state index contributed by atoms with van der Waals surface area (Å²) in [6.45, 7) is 5.67. The predicted molar refractivity (Wildman–Crippen MR) is 58.0 cm³/mol. The first-order chi connectivity index (χ1) is 6.22. The minimum Gasteiger partial charge on any atom is -0.507 e. The first-order valence-electron chi connectivity index (χ1n) is 4.23. The number of ether oxygens (including phenoxy) is 1. The zero-order chi connectivity index (χ0) is 10.1. The number of halogens is 1. The van der Waals surface area contributed by atoms with Gasteiger partial charge in [0.15, 0.2) is 0 Å². The summed E-state index contributed by atoms with van der Waals surface area (Å²) in [4.78, 5) is 0. The van der Waals surface area contributed by atoms with Gasteiger partial charge in [0, 0.05) is 13.2 Å². The maximum atomic E-state index is 8.87. The van der Waals surface area contributed by atoms with Crippen LogP contribution in [0.25, 0.3) is 0 Å². The normalized spacial score (nSPS) is 8.85. The van der Waals surface area contributed by atoms with E-state index in [0.717, 1.165) is 17.7 Å². The fraction of sp³-hybridized carbons (Fsp3) is 0.400. The highest BCUT2D eigenvalue weighted by Gasteiger charge is 1.89. The lowest BCUT2D eigenvalue weighted by Gasteiger charge is -1.90. The Balaban J connectivity index is 0.000000252. The third-order valence-corrected chi connectivity index (χ3v) is 1.93. The molecule has 0 aliphatic heterocycles. The van der Waals surface area contributed by atoms with Gasteiger partial charge in [-0.15, -0.1) is 0 Å². The van der Waals surface area contributed by atoms with Gasteiger partial charge in [0.05, 0.1) is 4.47 Å². The van der Waals surface area contributed by atoms with Crippen LogP contribution in [-0.2, 0) is 4.74 Å². The average Bonchev–Trinajstić information content (AvgIpc) is 2.13. The number of hydrogen-bond acceptors (Lipinski definition) is 2. The van der Waals surface area contributed by atoms with E-state index in [-0.39, 0.29) is 5.75 Å². The smallest absolute Gasteiger partial charge is 0.129 e. The molecule has 2 nitrogen and oxygen atoms in total. The molecule has 0 saturated heterocycles. The molecule has 1 N–H and O–H groups in total. The van der Waals surface area contributed by atoms with Crippen molar-refractivity contribution >= 4 is 15.9 Å². The largest absolute Gasteiger partial charge is 0.507 e. The molecule has 0 spiro atoms. The SMILES string of the molecule is CCOCC.Oc1ccccc1Br. The van der Waals surface area contributed by atoms with E-state index in [1.54, 1.807) is 18.2 Å². The van der Waals surface area contributed by atoms with E-state index in [9.17, 15) is 0 Å². The van der Waals surface area contributed by atoms with Gasteiger partial charge < -0.3 is 9.84 Å². The Labute approximate surface area is 87.7 Å². The van der Waals surface area contributed by atoms with Crippen LogP contribution in [0.5, 0.6) is 5.75 Å². The summed E-state index contributed by atoms with van der Waals surface area (Å²) in [5.74, 6) is 0.285. The van der Waals surface area contributed by atoms with Gasteiger partial charge >= 0.3 is 0 Å². The minimum atomic E-state index is 0.285. The molecular weight excluding hydrogens is 232 g/mol. The van der Waals surface area contributed by atoms with Gasteiger partial charge in [0.1, 0.15) is 5.75 Å². The molecule has 0 unspecified atom stereocenters. The zero-order valence-corrected chi connectivity index (χ0v) is 9.54. The third-order valence-electron chi connectivity index (χ3n) is 1.26. The summed E-state index contributed by atoms with van der Waals surface area (Å²) in [7, 11) is 0. The fourth-order valence-electron chi connectivity index (χ4n) is 0.656. The summed E-state index contributed by atoms with van der Waals surface area (Å²) in [5.41, 5.74) is 0. The molecule has 13 heavy (non-hydrogen) atoms. The highest BCUT2D eigenvalue weighted by Crippen LogP contribution is 2.21. The fourth-order valence-corrected chi connectivity index (χ4v) is 0.941. The quantitative estimate of drug-likeness (QED) is 0.869. The maximum absolute atomic E-state index is 8.87. The molecule has 0 amide bonds. The molecule has 3 heteroatoms. The van der Waals surface area contributed by atoms with E-state index >= 15 is 0 Å². The van der Waals surface area contributed by atoms with Crippen molar-refractivity contribution in [3.8, 4) is 5.75 Å². The topological polar surface area (TPSA) is 29.5 Å². The number of benzene rings is 1. The van der Waals surface area contributed by atoms with E-state index < -0.39 is 0 Å². The highest BCUT2D eigenvalue weighted by atomic mass is 79.9. The average molecular weight is 247 g/mol. The van der Waals surface area contributed by atoms with Crippen molar-refractivity contribution < 1.29 is 9.84 Å². The Morgan fingerprint density at radius 1 is 1.23 bits per heavy atom. The molecular formula is C10H15BrO2. The van der Waals surface area contributed by atoms with Crippen molar-refractivity contribution in [3.05, 3.63) is 28.7 Å². The maximum Gasteiger partial charge on any atom is 0.129 e. The number of phenols is 1. The van der Waals surface area contributed by atoms with Crippen molar-refractivity contribution in [2.24, 2.45) is 0 Å². The van der Waals surface area contributed by atoms with Crippen molar-refractivity contribution in [2.75, 3.05) is 13.2 Å². The Bertz CT molecular complexity index is 203. The number of hydrogen-bond donors (Lipinski definition) is 1. The van der Waals surface area contributed by atoms with E-state index in [1.165, 1.54) is 0 Å². The van der Waals surface area contributed by atoms with Gasteiger partial charge in [0.2, 0.25) is 0 Å². The molecule has 0 heterocycles. The van der Waals surface area contributed by atoms with Crippen molar-refractivity contribution in [1.29, 1.82) is 0 Å². The van der Waals surface area contributed by atoms with E-state index in [1.807, 2.05) is 19.9 Å². The van der Waals surface area contributed by atoms with Gasteiger partial charge in [-0.25, -0.2) is 0 Å². The lowest BCUT2D eigenvalue weighted by molar-refractivity contribution is 0.162. The molecule has 0 bridgehead atoms. The summed E-state index contributed by atoms with van der Waals surface area (Å²) >= 11 is 3.15. The van der Waals surface area contributed by atoms with Gasteiger partial charge in [-0.05, 0) is 41.9 Å². The molecule has 0 fully saturated rings. The second-order valence-corrected chi connectivity index (χ2v) is 3.09.